The van der Waals surface area contributed by atoms with Gasteiger partial charge in [0.05, 0.1) is 6.20 Å². The van der Waals surface area contributed by atoms with E-state index in [1.54, 1.807) is 0 Å². The molecule has 0 spiro atoms. The van der Waals surface area contributed by atoms with E-state index in [2.05, 4.69) is 22.3 Å². The summed E-state index contributed by atoms with van der Waals surface area (Å²) < 4.78 is 0. The minimum Gasteiger partial charge on any atom is -0.327 e. The zero-order valence-electron chi connectivity index (χ0n) is 9.48. The maximum Gasteiger partial charge on any atom is 0.0522 e. The molecule has 1 aromatic heterocycles. The van der Waals surface area contributed by atoms with Crippen LogP contribution in [-0.4, -0.2) is 16.2 Å². The van der Waals surface area contributed by atoms with Gasteiger partial charge in [0.2, 0.25) is 0 Å². The number of H-pyrrole nitrogens is 1. The Labute approximate surface area is 95.7 Å². The van der Waals surface area contributed by atoms with Gasteiger partial charge < -0.3 is 5.73 Å². The monoisotopic (exact) mass is 215 g/mol. The van der Waals surface area contributed by atoms with Gasteiger partial charge in [0.25, 0.3) is 0 Å². The molecule has 0 amide bonds. The van der Waals surface area contributed by atoms with Gasteiger partial charge in [-0.2, -0.15) is 5.10 Å². The smallest absolute Gasteiger partial charge is 0.0522 e. The molecule has 0 aliphatic carbocycles. The average Bonchev–Trinajstić information content (AvgIpc) is 2.66. The normalized spacial score (nSPS) is 12.6. The van der Waals surface area contributed by atoms with Crippen molar-refractivity contribution in [3.63, 3.8) is 0 Å². The molecule has 3 heteroatoms. The van der Waals surface area contributed by atoms with Gasteiger partial charge in [-0.3, -0.25) is 5.10 Å². The fourth-order valence-corrected chi connectivity index (χ4v) is 1.85. The van der Waals surface area contributed by atoms with Crippen molar-refractivity contribution < 1.29 is 0 Å². The topological polar surface area (TPSA) is 54.7 Å². The molecule has 3 N–H and O–H groups in total. The minimum atomic E-state index is 0.152. The summed E-state index contributed by atoms with van der Waals surface area (Å²) in [5, 5.41) is 6.93. The van der Waals surface area contributed by atoms with Gasteiger partial charge in [-0.25, -0.2) is 0 Å². The van der Waals surface area contributed by atoms with Crippen LogP contribution in [0.5, 0.6) is 0 Å². The molecule has 0 aliphatic heterocycles. The molecule has 0 saturated carbocycles. The van der Waals surface area contributed by atoms with E-state index >= 15 is 0 Å². The Kier molecular flexibility index (Phi) is 3.37. The zero-order chi connectivity index (χ0) is 11.4. The average molecular weight is 215 g/mol. The summed E-state index contributed by atoms with van der Waals surface area (Å²) in [4.78, 5) is 0. The Bertz CT molecular complexity index is 433. The summed E-state index contributed by atoms with van der Waals surface area (Å²) in [5.74, 6) is 0. The summed E-state index contributed by atoms with van der Waals surface area (Å²) >= 11 is 0. The number of hydrogen-bond donors (Lipinski definition) is 2. The number of aromatic nitrogens is 2. The summed E-state index contributed by atoms with van der Waals surface area (Å²) in [6.45, 7) is 2.03. The van der Waals surface area contributed by atoms with Crippen molar-refractivity contribution in [2.45, 2.75) is 25.8 Å². The van der Waals surface area contributed by atoms with Crippen LogP contribution in [-0.2, 0) is 12.8 Å². The molecule has 0 fully saturated rings. The highest BCUT2D eigenvalue weighted by Gasteiger charge is 2.08. The third-order valence-electron chi connectivity index (χ3n) is 2.76. The first-order valence-corrected chi connectivity index (χ1v) is 5.54. The third-order valence-corrected chi connectivity index (χ3v) is 2.76. The van der Waals surface area contributed by atoms with E-state index in [0.29, 0.717) is 0 Å². The number of nitrogens with one attached hydrogen (secondary N) is 1. The fourth-order valence-electron chi connectivity index (χ4n) is 1.85. The highest BCUT2D eigenvalue weighted by molar-refractivity contribution is 5.19. The first-order chi connectivity index (χ1) is 7.75. The summed E-state index contributed by atoms with van der Waals surface area (Å²) in [6, 6.07) is 10.5. The van der Waals surface area contributed by atoms with Crippen LogP contribution in [0.1, 0.15) is 16.8 Å². The maximum atomic E-state index is 6.12. The molecule has 16 heavy (non-hydrogen) atoms. The van der Waals surface area contributed by atoms with Crippen LogP contribution < -0.4 is 5.73 Å². The van der Waals surface area contributed by atoms with E-state index in [-0.39, 0.29) is 6.04 Å². The predicted octanol–water partition coefficient (Wildman–Crippen LogP) is 1.83. The Morgan fingerprint density at radius 2 is 2.00 bits per heavy atom. The Hall–Kier alpha value is -1.61. The van der Waals surface area contributed by atoms with Gasteiger partial charge in [0.15, 0.2) is 0 Å². The van der Waals surface area contributed by atoms with Gasteiger partial charge in [0, 0.05) is 11.7 Å². The van der Waals surface area contributed by atoms with E-state index < -0.39 is 0 Å². The number of aryl methyl sites for hydroxylation is 1. The van der Waals surface area contributed by atoms with Crippen LogP contribution in [0, 0.1) is 6.92 Å². The van der Waals surface area contributed by atoms with Crippen LogP contribution >= 0.6 is 0 Å². The molecule has 3 nitrogen and oxygen atoms in total. The number of nitrogens with two attached hydrogens (primary N) is 1. The van der Waals surface area contributed by atoms with Gasteiger partial charge in [-0.1, -0.05) is 30.3 Å². The molecule has 2 rings (SSSR count). The molecule has 1 aromatic carbocycles. The summed E-state index contributed by atoms with van der Waals surface area (Å²) in [7, 11) is 0. The highest BCUT2D eigenvalue weighted by atomic mass is 15.1. The molecule has 0 saturated heterocycles. The molecule has 1 heterocycles. The predicted molar refractivity (Wildman–Crippen MR) is 65.2 cm³/mol. The van der Waals surface area contributed by atoms with Crippen molar-refractivity contribution in [3.05, 3.63) is 53.3 Å². The SMILES string of the molecule is Cc1[nH]ncc1CC(N)Cc1ccccc1. The molecular formula is C13H17N3. The second-order valence-electron chi connectivity index (χ2n) is 4.17. The molecule has 1 atom stereocenters. The first kappa shape index (κ1) is 10.9. The fraction of sp³-hybridized carbons (Fsp3) is 0.308. The number of benzene rings is 1. The Morgan fingerprint density at radius 1 is 1.25 bits per heavy atom. The molecule has 0 aliphatic rings. The first-order valence-electron chi connectivity index (χ1n) is 5.54. The lowest BCUT2D eigenvalue weighted by molar-refractivity contribution is 0.663. The summed E-state index contributed by atoms with van der Waals surface area (Å²) in [6.07, 6.45) is 3.64. The van der Waals surface area contributed by atoms with Crippen LogP contribution in [0.2, 0.25) is 0 Å². The van der Waals surface area contributed by atoms with Gasteiger partial charge in [0.1, 0.15) is 0 Å². The molecule has 0 radical (unpaired) electrons. The van der Waals surface area contributed by atoms with Crippen LogP contribution in [0.3, 0.4) is 0 Å². The van der Waals surface area contributed by atoms with Crippen LogP contribution in [0.25, 0.3) is 0 Å². The van der Waals surface area contributed by atoms with Gasteiger partial charge >= 0.3 is 0 Å². The van der Waals surface area contributed by atoms with Crippen molar-refractivity contribution in [1.82, 2.24) is 10.2 Å². The number of hydrogen-bond acceptors (Lipinski definition) is 2. The lowest BCUT2D eigenvalue weighted by Gasteiger charge is -2.10. The van der Waals surface area contributed by atoms with E-state index in [9.17, 15) is 0 Å². The van der Waals surface area contributed by atoms with Crippen molar-refractivity contribution in [2.75, 3.05) is 0 Å². The quantitative estimate of drug-likeness (QED) is 0.817. The molecule has 2 aromatic rings. The number of aromatic amines is 1. The van der Waals surface area contributed by atoms with E-state index in [1.165, 1.54) is 11.1 Å². The molecular weight excluding hydrogens is 198 g/mol. The summed E-state index contributed by atoms with van der Waals surface area (Å²) in [5.41, 5.74) is 9.74. The lowest BCUT2D eigenvalue weighted by Crippen LogP contribution is -2.25. The molecule has 1 unspecified atom stereocenters. The molecule has 0 bridgehead atoms. The zero-order valence-corrected chi connectivity index (χ0v) is 9.48. The standard InChI is InChI=1S/C13H17N3/c1-10-12(9-15-16-10)8-13(14)7-11-5-3-2-4-6-11/h2-6,9,13H,7-8,14H2,1H3,(H,15,16). The number of nitrogens with zero attached hydrogens (tertiary/aromatic N) is 1. The minimum absolute atomic E-state index is 0.152. The molecule has 84 valence electrons. The highest BCUT2D eigenvalue weighted by Crippen LogP contribution is 2.09. The Balaban J connectivity index is 1.95. The van der Waals surface area contributed by atoms with E-state index in [4.69, 9.17) is 5.73 Å². The lowest BCUT2D eigenvalue weighted by atomic mass is 10.0. The van der Waals surface area contributed by atoms with Gasteiger partial charge in [-0.15, -0.1) is 0 Å². The van der Waals surface area contributed by atoms with Crippen molar-refractivity contribution in [2.24, 2.45) is 5.73 Å². The largest absolute Gasteiger partial charge is 0.327 e. The second kappa shape index (κ2) is 4.94. The van der Waals surface area contributed by atoms with Crippen molar-refractivity contribution in [3.8, 4) is 0 Å². The van der Waals surface area contributed by atoms with Crippen molar-refractivity contribution in [1.29, 1.82) is 0 Å². The van der Waals surface area contributed by atoms with Gasteiger partial charge in [-0.05, 0) is 30.9 Å². The van der Waals surface area contributed by atoms with Crippen LogP contribution in [0.15, 0.2) is 36.5 Å². The third kappa shape index (κ3) is 2.70. The second-order valence-corrected chi connectivity index (χ2v) is 4.17. The van der Waals surface area contributed by atoms with Crippen molar-refractivity contribution >= 4 is 0 Å². The van der Waals surface area contributed by atoms with Crippen LogP contribution in [0.4, 0.5) is 0 Å². The Morgan fingerprint density at radius 3 is 2.62 bits per heavy atom. The van der Waals surface area contributed by atoms with E-state index in [0.717, 1.165) is 18.5 Å². The number of rotatable bonds is 4. The van der Waals surface area contributed by atoms with E-state index in [1.807, 2.05) is 31.3 Å². The maximum absolute atomic E-state index is 6.12.